The second-order valence-corrected chi connectivity index (χ2v) is 6.42. The Hall–Kier alpha value is -2.29. The van der Waals surface area contributed by atoms with Crippen molar-refractivity contribution in [1.29, 1.82) is 0 Å². The van der Waals surface area contributed by atoms with Gasteiger partial charge in [0.1, 0.15) is 5.75 Å². The van der Waals surface area contributed by atoms with Gasteiger partial charge in [0.05, 0.1) is 5.69 Å². The first-order valence-corrected chi connectivity index (χ1v) is 8.70. The zero-order valence-electron chi connectivity index (χ0n) is 15.6. The number of ether oxygens (including phenoxy) is 1. The SMILES string of the molecule is Cc1cc(C)cc(NC(N)=NCCCN2C(=O)COc3ccccc32)c1.I. The molecule has 6 nitrogen and oxygen atoms in total. The van der Waals surface area contributed by atoms with Crippen molar-refractivity contribution in [3.63, 3.8) is 0 Å². The van der Waals surface area contributed by atoms with E-state index in [4.69, 9.17) is 10.5 Å². The predicted octanol–water partition coefficient (Wildman–Crippen LogP) is 3.46. The summed E-state index contributed by atoms with van der Waals surface area (Å²) in [6.07, 6.45) is 0.718. The lowest BCUT2D eigenvalue weighted by molar-refractivity contribution is -0.121. The number of aliphatic imine (C=N–C) groups is 1. The number of carbonyl (C=O) groups excluding carboxylic acids is 1. The number of nitrogens with zero attached hydrogens (tertiary/aromatic N) is 2. The molecular formula is C20H25IN4O2. The number of guanidine groups is 1. The summed E-state index contributed by atoms with van der Waals surface area (Å²) in [6.45, 7) is 5.29. The third kappa shape index (κ3) is 5.59. The molecule has 0 radical (unpaired) electrons. The van der Waals surface area contributed by atoms with Crippen LogP contribution in [-0.4, -0.2) is 31.6 Å². The van der Waals surface area contributed by atoms with Gasteiger partial charge >= 0.3 is 0 Å². The van der Waals surface area contributed by atoms with Crippen LogP contribution in [0.25, 0.3) is 0 Å². The van der Waals surface area contributed by atoms with E-state index in [1.807, 2.05) is 50.2 Å². The number of carbonyl (C=O) groups is 1. The molecular weight excluding hydrogens is 455 g/mol. The summed E-state index contributed by atoms with van der Waals surface area (Å²) in [5.41, 5.74) is 10.1. The Morgan fingerprint density at radius 2 is 1.93 bits per heavy atom. The summed E-state index contributed by atoms with van der Waals surface area (Å²) in [6, 6.07) is 13.7. The number of aryl methyl sites for hydroxylation is 2. The number of rotatable bonds is 5. The number of hydrogen-bond acceptors (Lipinski definition) is 3. The van der Waals surface area contributed by atoms with Gasteiger partial charge in [-0.15, -0.1) is 24.0 Å². The first kappa shape index (κ1) is 21.0. The van der Waals surface area contributed by atoms with E-state index in [0.717, 1.165) is 23.5 Å². The molecule has 2 aromatic rings. The first-order chi connectivity index (χ1) is 12.5. The standard InChI is InChI=1S/C20H24N4O2.HI/c1-14-10-15(2)12-16(11-14)23-20(21)22-8-5-9-24-17-6-3-4-7-18(17)26-13-19(24)25;/h3-4,6-7,10-12H,5,8-9,13H2,1-2H3,(H3,21,22,23);1H. The van der Waals surface area contributed by atoms with E-state index in [1.165, 1.54) is 11.1 Å². The minimum atomic E-state index is -0.0333. The molecule has 1 amide bonds. The van der Waals surface area contributed by atoms with Crippen LogP contribution in [-0.2, 0) is 4.79 Å². The summed E-state index contributed by atoms with van der Waals surface area (Å²) in [5, 5.41) is 3.11. The molecule has 0 unspecified atom stereocenters. The lowest BCUT2D eigenvalue weighted by Crippen LogP contribution is -2.39. The molecule has 3 rings (SSSR count). The highest BCUT2D eigenvalue weighted by atomic mass is 127. The number of para-hydroxylation sites is 2. The maximum atomic E-state index is 12.1. The number of amides is 1. The zero-order valence-corrected chi connectivity index (χ0v) is 17.9. The van der Waals surface area contributed by atoms with Crippen molar-refractivity contribution in [2.75, 3.05) is 29.9 Å². The highest BCUT2D eigenvalue weighted by Crippen LogP contribution is 2.31. The van der Waals surface area contributed by atoms with Crippen molar-refractivity contribution in [2.24, 2.45) is 10.7 Å². The molecule has 1 heterocycles. The van der Waals surface area contributed by atoms with Crippen molar-refractivity contribution in [2.45, 2.75) is 20.3 Å². The fourth-order valence-corrected chi connectivity index (χ4v) is 3.06. The van der Waals surface area contributed by atoms with Gasteiger partial charge in [-0.2, -0.15) is 0 Å². The van der Waals surface area contributed by atoms with Crippen LogP contribution >= 0.6 is 24.0 Å². The maximum Gasteiger partial charge on any atom is 0.265 e. The lowest BCUT2D eigenvalue weighted by atomic mass is 10.1. The highest BCUT2D eigenvalue weighted by molar-refractivity contribution is 14.0. The Kier molecular flexibility index (Phi) is 7.46. The molecule has 144 valence electrons. The van der Waals surface area contributed by atoms with E-state index in [-0.39, 0.29) is 36.5 Å². The van der Waals surface area contributed by atoms with E-state index in [9.17, 15) is 4.79 Å². The van der Waals surface area contributed by atoms with Crippen molar-refractivity contribution in [3.05, 3.63) is 53.6 Å². The van der Waals surface area contributed by atoms with Crippen molar-refractivity contribution in [1.82, 2.24) is 0 Å². The maximum absolute atomic E-state index is 12.1. The molecule has 0 aromatic heterocycles. The molecule has 0 saturated carbocycles. The van der Waals surface area contributed by atoms with Crippen LogP contribution in [0.3, 0.4) is 0 Å². The molecule has 1 aliphatic heterocycles. The van der Waals surface area contributed by atoms with Crippen LogP contribution in [0.1, 0.15) is 17.5 Å². The molecule has 27 heavy (non-hydrogen) atoms. The van der Waals surface area contributed by atoms with Crippen LogP contribution in [0.4, 0.5) is 11.4 Å². The third-order valence-corrected chi connectivity index (χ3v) is 4.12. The Labute approximate surface area is 176 Å². The Balaban J connectivity index is 0.00000261. The zero-order chi connectivity index (χ0) is 18.5. The van der Waals surface area contributed by atoms with Gasteiger partial charge in [0.2, 0.25) is 0 Å². The average Bonchev–Trinajstić information content (AvgIpc) is 2.59. The molecule has 7 heteroatoms. The van der Waals surface area contributed by atoms with Crippen LogP contribution in [0.2, 0.25) is 0 Å². The van der Waals surface area contributed by atoms with E-state index < -0.39 is 0 Å². The number of fused-ring (bicyclic) bond motifs is 1. The number of halogens is 1. The number of hydrogen-bond donors (Lipinski definition) is 2. The van der Waals surface area contributed by atoms with Gasteiger partial charge in [0.15, 0.2) is 12.6 Å². The fraction of sp³-hybridized carbons (Fsp3) is 0.300. The summed E-state index contributed by atoms with van der Waals surface area (Å²) >= 11 is 0. The van der Waals surface area contributed by atoms with E-state index in [1.54, 1.807) is 4.90 Å². The minimum absolute atomic E-state index is 0. The summed E-state index contributed by atoms with van der Waals surface area (Å²) in [4.78, 5) is 18.2. The molecule has 0 saturated heterocycles. The fourth-order valence-electron chi connectivity index (χ4n) is 3.06. The molecule has 0 spiro atoms. The number of benzene rings is 2. The molecule has 1 aliphatic rings. The quantitative estimate of drug-likeness (QED) is 0.297. The van der Waals surface area contributed by atoms with Gasteiger partial charge in [-0.3, -0.25) is 9.79 Å². The van der Waals surface area contributed by atoms with Crippen molar-refractivity contribution < 1.29 is 9.53 Å². The van der Waals surface area contributed by atoms with Crippen molar-refractivity contribution in [3.8, 4) is 5.75 Å². The van der Waals surface area contributed by atoms with E-state index >= 15 is 0 Å². The molecule has 2 aromatic carbocycles. The number of nitrogens with two attached hydrogens (primary N) is 1. The van der Waals surface area contributed by atoms with Gasteiger partial charge in [-0.1, -0.05) is 18.2 Å². The topological polar surface area (TPSA) is 80.0 Å². The smallest absolute Gasteiger partial charge is 0.265 e. The Morgan fingerprint density at radius 1 is 1.22 bits per heavy atom. The Morgan fingerprint density at radius 3 is 2.67 bits per heavy atom. The van der Waals surface area contributed by atoms with Crippen molar-refractivity contribution >= 4 is 47.2 Å². The monoisotopic (exact) mass is 480 g/mol. The van der Waals surface area contributed by atoms with Crippen LogP contribution < -0.4 is 20.7 Å². The summed E-state index contributed by atoms with van der Waals surface area (Å²) < 4.78 is 5.45. The average molecular weight is 480 g/mol. The largest absolute Gasteiger partial charge is 0.482 e. The second-order valence-electron chi connectivity index (χ2n) is 6.42. The van der Waals surface area contributed by atoms with Gasteiger partial charge < -0.3 is 20.7 Å². The Bertz CT molecular complexity index is 818. The number of anilines is 2. The number of nitrogens with one attached hydrogen (secondary N) is 1. The minimum Gasteiger partial charge on any atom is -0.482 e. The van der Waals surface area contributed by atoms with Crippen LogP contribution in [0.15, 0.2) is 47.5 Å². The van der Waals surface area contributed by atoms with Gasteiger partial charge in [0.25, 0.3) is 5.91 Å². The molecule has 0 aliphatic carbocycles. The summed E-state index contributed by atoms with van der Waals surface area (Å²) in [7, 11) is 0. The second kappa shape index (κ2) is 9.59. The van der Waals surface area contributed by atoms with Crippen LogP contribution in [0, 0.1) is 13.8 Å². The molecule has 0 atom stereocenters. The van der Waals surface area contributed by atoms with Gasteiger partial charge in [-0.25, -0.2) is 0 Å². The van der Waals surface area contributed by atoms with Crippen LogP contribution in [0.5, 0.6) is 5.75 Å². The first-order valence-electron chi connectivity index (χ1n) is 8.70. The van der Waals surface area contributed by atoms with Gasteiger partial charge in [-0.05, 0) is 55.7 Å². The summed E-state index contributed by atoms with van der Waals surface area (Å²) in [5.74, 6) is 1.09. The lowest BCUT2D eigenvalue weighted by Gasteiger charge is -2.29. The highest BCUT2D eigenvalue weighted by Gasteiger charge is 2.24. The third-order valence-electron chi connectivity index (χ3n) is 4.12. The molecule has 3 N–H and O–H groups in total. The predicted molar refractivity (Wildman–Crippen MR) is 120 cm³/mol. The molecule has 0 fully saturated rings. The van der Waals surface area contributed by atoms with E-state index in [2.05, 4.69) is 16.4 Å². The van der Waals surface area contributed by atoms with Gasteiger partial charge in [0, 0.05) is 18.8 Å². The van der Waals surface area contributed by atoms with E-state index in [0.29, 0.717) is 19.0 Å². The molecule has 0 bridgehead atoms. The normalized spacial score (nSPS) is 13.5.